The zero-order chi connectivity index (χ0) is 12.0. The summed E-state index contributed by atoms with van der Waals surface area (Å²) in [6.45, 7) is 0.547. The topological polar surface area (TPSA) is 36.9 Å². The summed E-state index contributed by atoms with van der Waals surface area (Å²) < 4.78 is 20.3. The van der Waals surface area contributed by atoms with Crippen molar-refractivity contribution >= 4 is 11.6 Å². The molecule has 0 amide bonds. The first-order valence-electron chi connectivity index (χ1n) is 4.70. The first-order valence-corrected chi connectivity index (χ1v) is 5.07. The minimum atomic E-state index is 0.214. The molecule has 0 saturated heterocycles. The second kappa shape index (κ2) is 6.58. The van der Waals surface area contributed by atoms with Crippen LogP contribution >= 0.6 is 11.6 Å². The third kappa shape index (κ3) is 3.27. The van der Waals surface area contributed by atoms with Gasteiger partial charge >= 0.3 is 0 Å². The summed E-state index contributed by atoms with van der Waals surface area (Å²) in [7, 11) is 4.71. The predicted molar refractivity (Wildman–Crippen MR) is 61.2 cm³/mol. The monoisotopic (exact) mass is 246 g/mol. The first kappa shape index (κ1) is 13.1. The molecule has 1 aromatic carbocycles. The van der Waals surface area contributed by atoms with E-state index < -0.39 is 0 Å². The van der Waals surface area contributed by atoms with E-state index in [1.165, 1.54) is 0 Å². The lowest BCUT2D eigenvalue weighted by molar-refractivity contribution is -0.0394. The molecule has 0 atom stereocenters. The van der Waals surface area contributed by atoms with Gasteiger partial charge in [-0.2, -0.15) is 0 Å². The Kier molecular flexibility index (Phi) is 5.38. The minimum Gasteiger partial charge on any atom is -0.497 e. The van der Waals surface area contributed by atoms with Crippen molar-refractivity contribution < 1.29 is 18.9 Å². The molecule has 0 unspecified atom stereocenters. The highest BCUT2D eigenvalue weighted by molar-refractivity contribution is 6.31. The van der Waals surface area contributed by atoms with Gasteiger partial charge in [0.05, 0.1) is 25.8 Å². The Balaban J connectivity index is 2.88. The van der Waals surface area contributed by atoms with Gasteiger partial charge in [-0.05, 0) is 6.07 Å². The molecule has 0 fully saturated rings. The number of ether oxygens (including phenoxy) is 4. The van der Waals surface area contributed by atoms with E-state index in [-0.39, 0.29) is 6.79 Å². The number of methoxy groups -OCH3 is 3. The molecule has 16 heavy (non-hydrogen) atoms. The van der Waals surface area contributed by atoms with Gasteiger partial charge in [0.1, 0.15) is 18.3 Å². The third-order valence-corrected chi connectivity index (χ3v) is 2.37. The zero-order valence-corrected chi connectivity index (χ0v) is 10.3. The molecule has 90 valence electrons. The van der Waals surface area contributed by atoms with E-state index in [4.69, 9.17) is 30.5 Å². The van der Waals surface area contributed by atoms with Crippen LogP contribution in [0.2, 0.25) is 5.02 Å². The summed E-state index contributed by atoms with van der Waals surface area (Å²) in [6, 6.07) is 3.48. The summed E-state index contributed by atoms with van der Waals surface area (Å²) in [5.74, 6) is 1.29. The highest BCUT2D eigenvalue weighted by atomic mass is 35.5. The first-order chi connectivity index (χ1) is 7.72. The Hall–Kier alpha value is -0.970. The summed E-state index contributed by atoms with van der Waals surface area (Å²) >= 11 is 6.09. The van der Waals surface area contributed by atoms with Crippen LogP contribution in [0.5, 0.6) is 11.5 Å². The van der Waals surface area contributed by atoms with Gasteiger partial charge in [-0.15, -0.1) is 0 Å². The second-order valence-corrected chi connectivity index (χ2v) is 3.45. The van der Waals surface area contributed by atoms with Gasteiger partial charge in [0.25, 0.3) is 0 Å². The van der Waals surface area contributed by atoms with E-state index >= 15 is 0 Å². The van der Waals surface area contributed by atoms with Gasteiger partial charge in [-0.1, -0.05) is 11.6 Å². The fourth-order valence-corrected chi connectivity index (χ4v) is 1.51. The van der Waals surface area contributed by atoms with Crippen molar-refractivity contribution in [3.8, 4) is 11.5 Å². The number of benzene rings is 1. The maximum atomic E-state index is 6.09. The Bertz CT molecular complexity index is 341. The zero-order valence-electron chi connectivity index (χ0n) is 9.58. The van der Waals surface area contributed by atoms with Crippen molar-refractivity contribution in [2.45, 2.75) is 6.61 Å². The summed E-state index contributed by atoms with van der Waals surface area (Å²) in [6.07, 6.45) is 0. The van der Waals surface area contributed by atoms with Crippen molar-refractivity contribution in [3.63, 3.8) is 0 Å². The number of halogens is 1. The maximum absolute atomic E-state index is 6.09. The van der Waals surface area contributed by atoms with Crippen LogP contribution in [0.15, 0.2) is 12.1 Å². The molecular formula is C11H15ClO4. The van der Waals surface area contributed by atoms with Crippen LogP contribution in [0.25, 0.3) is 0 Å². The highest BCUT2D eigenvalue weighted by Crippen LogP contribution is 2.32. The lowest BCUT2D eigenvalue weighted by Crippen LogP contribution is -2.00. The molecule has 0 saturated carbocycles. The number of rotatable bonds is 6. The quantitative estimate of drug-likeness (QED) is 0.571. The molecule has 0 N–H and O–H groups in total. The largest absolute Gasteiger partial charge is 0.497 e. The lowest BCUT2D eigenvalue weighted by atomic mass is 10.2. The van der Waals surface area contributed by atoms with Gasteiger partial charge in [0, 0.05) is 18.7 Å². The Morgan fingerprint density at radius 3 is 2.44 bits per heavy atom. The van der Waals surface area contributed by atoms with E-state index in [2.05, 4.69) is 0 Å². The van der Waals surface area contributed by atoms with Gasteiger partial charge in [0.15, 0.2) is 0 Å². The average Bonchev–Trinajstić information content (AvgIpc) is 2.30. The van der Waals surface area contributed by atoms with E-state index in [0.29, 0.717) is 23.1 Å². The summed E-state index contributed by atoms with van der Waals surface area (Å²) in [5, 5.41) is 0.548. The average molecular weight is 247 g/mol. The Labute approximate surface area is 100 Å². The van der Waals surface area contributed by atoms with Crippen molar-refractivity contribution in [2.24, 2.45) is 0 Å². The molecular weight excluding hydrogens is 232 g/mol. The minimum absolute atomic E-state index is 0.214. The van der Waals surface area contributed by atoms with E-state index in [1.807, 2.05) is 0 Å². The smallest absolute Gasteiger partial charge is 0.146 e. The second-order valence-electron chi connectivity index (χ2n) is 3.05. The van der Waals surface area contributed by atoms with Crippen molar-refractivity contribution in [2.75, 3.05) is 28.1 Å². The fourth-order valence-electron chi connectivity index (χ4n) is 1.25. The molecule has 0 aromatic heterocycles. The SMILES string of the molecule is COCOCc1c(Cl)cc(OC)cc1OC. The molecule has 0 aliphatic heterocycles. The van der Waals surface area contributed by atoms with Crippen LogP contribution < -0.4 is 9.47 Å². The Morgan fingerprint density at radius 1 is 1.12 bits per heavy atom. The highest BCUT2D eigenvalue weighted by Gasteiger charge is 2.10. The molecule has 1 aromatic rings. The maximum Gasteiger partial charge on any atom is 0.146 e. The summed E-state index contributed by atoms with van der Waals surface area (Å²) in [5.41, 5.74) is 0.780. The van der Waals surface area contributed by atoms with E-state index in [0.717, 1.165) is 5.56 Å². The molecule has 5 heteroatoms. The van der Waals surface area contributed by atoms with Crippen molar-refractivity contribution in [1.82, 2.24) is 0 Å². The molecule has 0 radical (unpaired) electrons. The van der Waals surface area contributed by atoms with Crippen LogP contribution in [0.4, 0.5) is 0 Å². The Morgan fingerprint density at radius 2 is 1.88 bits per heavy atom. The molecule has 0 spiro atoms. The third-order valence-electron chi connectivity index (χ3n) is 2.03. The van der Waals surface area contributed by atoms with Crippen LogP contribution in [0.1, 0.15) is 5.56 Å². The predicted octanol–water partition coefficient (Wildman–Crippen LogP) is 2.48. The normalized spacial score (nSPS) is 10.2. The van der Waals surface area contributed by atoms with Crippen LogP contribution in [0, 0.1) is 0 Å². The molecule has 0 heterocycles. The van der Waals surface area contributed by atoms with E-state index in [1.54, 1.807) is 33.5 Å². The van der Waals surface area contributed by atoms with Crippen LogP contribution in [-0.4, -0.2) is 28.1 Å². The van der Waals surface area contributed by atoms with Gasteiger partial charge in [0.2, 0.25) is 0 Å². The van der Waals surface area contributed by atoms with Crippen LogP contribution in [0.3, 0.4) is 0 Å². The lowest BCUT2D eigenvalue weighted by Gasteiger charge is -2.12. The van der Waals surface area contributed by atoms with Crippen LogP contribution in [-0.2, 0) is 16.1 Å². The molecule has 0 aliphatic rings. The molecule has 4 nitrogen and oxygen atoms in total. The standard InChI is InChI=1S/C11H15ClO4/c1-13-7-16-6-9-10(12)4-8(14-2)5-11(9)15-3/h4-5H,6-7H2,1-3H3. The van der Waals surface area contributed by atoms with Gasteiger partial charge in [-0.25, -0.2) is 0 Å². The summed E-state index contributed by atoms with van der Waals surface area (Å²) in [4.78, 5) is 0. The number of hydrogen-bond acceptors (Lipinski definition) is 4. The fraction of sp³-hybridized carbons (Fsp3) is 0.455. The molecule has 0 bridgehead atoms. The molecule has 0 aliphatic carbocycles. The van der Waals surface area contributed by atoms with Crippen molar-refractivity contribution in [3.05, 3.63) is 22.7 Å². The number of hydrogen-bond donors (Lipinski definition) is 0. The van der Waals surface area contributed by atoms with Gasteiger partial charge in [-0.3, -0.25) is 0 Å². The molecule has 1 rings (SSSR count). The van der Waals surface area contributed by atoms with Gasteiger partial charge < -0.3 is 18.9 Å². The van der Waals surface area contributed by atoms with Crippen molar-refractivity contribution in [1.29, 1.82) is 0 Å². The van der Waals surface area contributed by atoms with E-state index in [9.17, 15) is 0 Å².